The summed E-state index contributed by atoms with van der Waals surface area (Å²) in [5.74, 6) is -1.01. The van der Waals surface area contributed by atoms with Gasteiger partial charge in [0.2, 0.25) is 5.91 Å². The lowest BCUT2D eigenvalue weighted by Crippen LogP contribution is -2.61. The van der Waals surface area contributed by atoms with Gasteiger partial charge < -0.3 is 66.6 Å². The van der Waals surface area contributed by atoms with E-state index >= 15 is 0 Å². The number of ether oxygens (including phenoxy) is 1. The SMILES string of the molecule is CN(C[C@H](O)[C@@H](O)[C@H](O)[C@H](O)CO)C(=O)Cc1ccc(-n2cc(CN(Cc3ccccn3)Cc3ccccn3)nn2)cc1.O=C(NCCc1ccc(-n2cc(CN(Cc3ccccn3)Cc3ccccn3)nn2)cc1)[C@H]1O[C@H](O)[C@H](O)[C@@H](O)[C@H]1O.[NH3+]CCc1ccc(-n2cc(CN(Cc3ccccn3)Cc3ccccn3)nn2)cc1. The van der Waals surface area contributed by atoms with E-state index in [4.69, 9.17) is 9.84 Å². The highest BCUT2D eigenvalue weighted by molar-refractivity contribution is 5.81. The van der Waals surface area contributed by atoms with Crippen LogP contribution in [0, 0.1) is 0 Å². The molecule has 9 aromatic heterocycles. The molecule has 13 rings (SSSR count). The molecule has 1 aliphatic rings. The highest BCUT2D eigenvalue weighted by atomic mass is 16.6. The van der Waals surface area contributed by atoms with Crippen molar-refractivity contribution in [2.45, 2.75) is 133 Å². The first kappa shape index (κ1) is 84.3. The van der Waals surface area contributed by atoms with Gasteiger partial charge in [0.15, 0.2) is 12.4 Å². The number of quaternary nitrogens is 1. The van der Waals surface area contributed by atoms with Gasteiger partial charge >= 0.3 is 0 Å². The van der Waals surface area contributed by atoms with E-state index in [1.165, 1.54) is 17.5 Å². The summed E-state index contributed by atoms with van der Waals surface area (Å²) in [6.45, 7) is 5.74. The van der Waals surface area contributed by atoms with Gasteiger partial charge in [0, 0.05) is 123 Å². The Labute approximate surface area is 664 Å². The van der Waals surface area contributed by atoms with E-state index in [2.05, 4.69) is 111 Å². The molecule has 600 valence electrons. The number of rotatable bonds is 35. The van der Waals surface area contributed by atoms with Gasteiger partial charge in [-0.2, -0.15) is 0 Å². The molecule has 0 spiro atoms. The van der Waals surface area contributed by atoms with Gasteiger partial charge in [-0.25, -0.2) is 14.0 Å². The smallest absolute Gasteiger partial charge is 0.252 e. The molecule has 10 heterocycles. The lowest BCUT2D eigenvalue weighted by Gasteiger charge is -2.37. The van der Waals surface area contributed by atoms with Crippen LogP contribution < -0.4 is 11.1 Å². The molecule has 0 saturated carbocycles. The fourth-order valence-electron chi connectivity index (χ4n) is 12.5. The van der Waals surface area contributed by atoms with E-state index < -0.39 is 67.6 Å². The van der Waals surface area contributed by atoms with Crippen LogP contribution in [0.15, 0.2) is 238 Å². The Morgan fingerprint density at radius 1 is 0.435 bits per heavy atom. The van der Waals surface area contributed by atoms with E-state index in [9.17, 15) is 50.4 Å². The molecule has 1 saturated heterocycles. The molecule has 0 aliphatic carbocycles. The van der Waals surface area contributed by atoms with Gasteiger partial charge in [-0.3, -0.25) is 54.2 Å². The van der Waals surface area contributed by atoms with Crippen molar-refractivity contribution in [3.63, 3.8) is 0 Å². The van der Waals surface area contributed by atoms with Crippen LogP contribution >= 0.6 is 0 Å². The monoisotopic (exact) mass is 1570 g/mol. The van der Waals surface area contributed by atoms with Gasteiger partial charge in [-0.15, -0.1) is 15.3 Å². The highest BCUT2D eigenvalue weighted by Gasteiger charge is 2.46. The number of aliphatic hydroxyl groups is 9. The zero-order valence-corrected chi connectivity index (χ0v) is 63.5. The summed E-state index contributed by atoms with van der Waals surface area (Å²) in [5.41, 5.74) is 17.7. The molecule has 2 amide bonds. The van der Waals surface area contributed by atoms with Crippen LogP contribution in [-0.2, 0) is 92.5 Å². The molecule has 0 unspecified atom stereocenters. The van der Waals surface area contributed by atoms with Crippen molar-refractivity contribution in [2.75, 3.05) is 33.3 Å². The second-order valence-electron chi connectivity index (χ2n) is 27.6. The van der Waals surface area contributed by atoms with Crippen molar-refractivity contribution in [1.82, 2.24) is 99.8 Å². The van der Waals surface area contributed by atoms with Crippen molar-refractivity contribution in [1.29, 1.82) is 0 Å². The standard InChI is InChI=1S/C30H37N7O6.C29H33N7O6.C23H25N7/c1-35(19-26(39)29(42)30(43)27(40)20-38)28(41)14-21-8-10-25(11-9-21)37-18-24(33-34-37)17-36(15-22-6-2-4-12-31-22)16-23-7-3-5-13-32-23;37-24-25(38)27(42-29(41)26(24)39)28(40)32-14-11-19-7-9-23(10-8-19)36-18-22(33-34-36)17-35(15-20-5-1-3-12-30-20)16-21-6-2-4-13-31-21;24-12-11-19-7-9-23(10-8-19)30-18-22(27-28-30)17-29(15-20-5-1-3-13-25-20)16-21-6-2-4-14-26-21/h2-13,18,26-27,29-30,38-40,42-43H,14-17,19-20H2,1H3;1-10,12-13,18,24-27,29,37-39,41H,11,14-17H2,(H,32,40);1-10,13-14,18H,11-12,15-17,24H2/p+1/t26-,27+,29+,30+;24-,25+,26+,27-,29-;/m00./s1. The third-order valence-electron chi connectivity index (χ3n) is 18.6. The van der Waals surface area contributed by atoms with Crippen LogP contribution in [0.3, 0.4) is 0 Å². The molecular formula is C82H96N21O12+. The molecule has 115 heavy (non-hydrogen) atoms. The van der Waals surface area contributed by atoms with Crippen molar-refractivity contribution in [3.05, 3.63) is 306 Å². The van der Waals surface area contributed by atoms with Crippen molar-refractivity contribution >= 4 is 11.8 Å². The summed E-state index contributed by atoms with van der Waals surface area (Å²) in [6, 6.07) is 58.5. The number of pyridine rings is 6. The topological polar surface area (TPSA) is 448 Å². The molecule has 0 radical (unpaired) electrons. The number of amides is 2. The lowest BCUT2D eigenvalue weighted by atomic mass is 9.98. The number of hydrogen-bond donors (Lipinski definition) is 11. The summed E-state index contributed by atoms with van der Waals surface area (Å²) in [5, 5.41) is 116. The Morgan fingerprint density at radius 2 is 0.765 bits per heavy atom. The third-order valence-corrected chi connectivity index (χ3v) is 18.6. The zero-order valence-electron chi connectivity index (χ0n) is 63.5. The highest BCUT2D eigenvalue weighted by Crippen LogP contribution is 2.23. The minimum atomic E-state index is -1.77. The van der Waals surface area contributed by atoms with Gasteiger partial charge in [-0.05, 0) is 132 Å². The van der Waals surface area contributed by atoms with Gasteiger partial charge in [-0.1, -0.05) is 88.4 Å². The number of aliphatic hydroxyl groups excluding tert-OH is 9. The Kier molecular flexibility index (Phi) is 31.5. The molecule has 1 fully saturated rings. The van der Waals surface area contributed by atoms with Gasteiger partial charge in [0.05, 0.1) is 106 Å². The quantitative estimate of drug-likeness (QED) is 0.0268. The van der Waals surface area contributed by atoms with E-state index in [1.807, 2.05) is 181 Å². The largest absolute Gasteiger partial charge is 0.394 e. The number of nitrogens with one attached hydrogen (secondary N) is 1. The second-order valence-corrected chi connectivity index (χ2v) is 27.6. The molecule has 33 nitrogen and oxygen atoms in total. The van der Waals surface area contributed by atoms with E-state index in [0.717, 1.165) is 92.4 Å². The first-order valence-corrected chi connectivity index (χ1v) is 37.5. The average molecular weight is 1570 g/mol. The van der Waals surface area contributed by atoms with E-state index in [0.29, 0.717) is 65.3 Å². The summed E-state index contributed by atoms with van der Waals surface area (Å²) in [7, 11) is 1.46. The molecular weight excluding hydrogens is 1470 g/mol. The number of carbonyl (C=O) groups is 2. The van der Waals surface area contributed by atoms with E-state index in [-0.39, 0.29) is 25.4 Å². The van der Waals surface area contributed by atoms with Crippen LogP contribution in [0.1, 0.15) is 67.9 Å². The number of likely N-dealkylation sites (N-methyl/N-ethyl adjacent to an activating group) is 1. The number of nitrogens with zero attached hydrogens (tertiary/aromatic N) is 19. The van der Waals surface area contributed by atoms with Crippen LogP contribution in [0.25, 0.3) is 17.1 Å². The van der Waals surface area contributed by atoms with Crippen LogP contribution in [-0.4, -0.2) is 241 Å². The molecule has 9 atom stereocenters. The number of aromatic nitrogens is 15. The second kappa shape index (κ2) is 43.0. The van der Waals surface area contributed by atoms with Crippen LogP contribution in [0.4, 0.5) is 0 Å². The molecule has 0 bridgehead atoms. The van der Waals surface area contributed by atoms with Crippen molar-refractivity contribution in [2.24, 2.45) is 0 Å². The average Bonchev–Trinajstić information content (AvgIpc) is 1.41. The fraction of sp³-hybridized carbons (Fsp3) is 0.317. The fourth-order valence-corrected chi connectivity index (χ4v) is 12.5. The van der Waals surface area contributed by atoms with Gasteiger partial charge in [0.1, 0.15) is 42.7 Å². The predicted octanol–water partition coefficient (Wildman–Crippen LogP) is 1.46. The normalized spacial score (nSPS) is 16.4. The maximum absolute atomic E-state index is 12.7. The number of carbonyl (C=O) groups excluding carboxylic acids is 2. The Hall–Kier alpha value is -11.6. The Bertz CT molecular complexity index is 4700. The van der Waals surface area contributed by atoms with Crippen LogP contribution in [0.2, 0.25) is 0 Å². The minimum Gasteiger partial charge on any atom is -0.394 e. The first-order valence-electron chi connectivity index (χ1n) is 37.5. The zero-order chi connectivity index (χ0) is 80.8. The maximum Gasteiger partial charge on any atom is 0.252 e. The van der Waals surface area contributed by atoms with Crippen molar-refractivity contribution in [3.8, 4) is 17.1 Å². The Morgan fingerprint density at radius 3 is 1.10 bits per heavy atom. The minimum absolute atomic E-state index is 0.0417. The third kappa shape index (κ3) is 25.7. The van der Waals surface area contributed by atoms with Crippen molar-refractivity contribution < 1.29 is 66.0 Å². The summed E-state index contributed by atoms with van der Waals surface area (Å²) >= 11 is 0. The summed E-state index contributed by atoms with van der Waals surface area (Å²) in [6.07, 6.45) is 3.05. The first-order chi connectivity index (χ1) is 55.9. The molecule has 13 N–H and O–H groups in total. The number of hydrogen-bond acceptors (Lipinski definition) is 27. The molecule has 33 heteroatoms. The molecule has 1 aliphatic heterocycles. The lowest BCUT2D eigenvalue weighted by molar-refractivity contribution is -0.366. The molecule has 12 aromatic rings. The molecule has 3 aromatic carbocycles. The summed E-state index contributed by atoms with van der Waals surface area (Å²) < 4.78 is 10.1. The van der Waals surface area contributed by atoms with Crippen LogP contribution in [0.5, 0.6) is 0 Å². The predicted molar refractivity (Wildman–Crippen MR) is 418 cm³/mol. The maximum atomic E-state index is 12.7. The van der Waals surface area contributed by atoms with E-state index in [1.54, 1.807) is 46.3 Å². The van der Waals surface area contributed by atoms with Gasteiger partial charge in [0.25, 0.3) is 5.91 Å². The number of benzene rings is 3. The summed E-state index contributed by atoms with van der Waals surface area (Å²) in [4.78, 5) is 59.7. The Balaban J connectivity index is 0.000000173.